The fourth-order valence-corrected chi connectivity index (χ4v) is 6.90. The zero-order valence-electron chi connectivity index (χ0n) is 17.9. The molecule has 0 saturated heterocycles. The van der Waals surface area contributed by atoms with Gasteiger partial charge in [-0.15, -0.1) is 0 Å². The molecule has 4 N–H and O–H groups in total. The molecule has 2 heterocycles. The van der Waals surface area contributed by atoms with Gasteiger partial charge in [-0.2, -0.15) is 13.2 Å². The Labute approximate surface area is 196 Å². The van der Waals surface area contributed by atoms with E-state index in [0.29, 0.717) is 21.8 Å². The Morgan fingerprint density at radius 3 is 2.06 bits per heavy atom. The molecular weight excluding hydrogens is 485 g/mol. The Balaban J connectivity index is 1.93. The maximum absolute atomic E-state index is 14.4. The van der Waals surface area contributed by atoms with E-state index in [1.165, 1.54) is 6.07 Å². The SMILES string of the molecule is O=S(=O)(C(F)(F)F)C1(c2cc3ccccc3[nH]2)C(=NO)C(=NO)CCC1c1cc2ccccc2[nH]1. The van der Waals surface area contributed by atoms with Crippen molar-refractivity contribution in [1.29, 1.82) is 0 Å². The van der Waals surface area contributed by atoms with E-state index < -0.39 is 37.4 Å². The molecule has 0 radical (unpaired) electrons. The summed E-state index contributed by atoms with van der Waals surface area (Å²) in [6, 6.07) is 16.3. The van der Waals surface area contributed by atoms with Crippen LogP contribution in [-0.2, 0) is 14.6 Å². The largest absolute Gasteiger partial charge is 0.498 e. The van der Waals surface area contributed by atoms with Crippen molar-refractivity contribution < 1.29 is 32.0 Å². The lowest BCUT2D eigenvalue weighted by atomic mass is 9.72. The number of nitrogens with zero attached hydrogens (tertiary/aromatic N) is 2. The summed E-state index contributed by atoms with van der Waals surface area (Å²) in [6.07, 6.45) is -0.263. The summed E-state index contributed by atoms with van der Waals surface area (Å²) in [6.45, 7) is 0. The summed E-state index contributed by atoms with van der Waals surface area (Å²) in [7, 11) is -6.13. The maximum Gasteiger partial charge on any atom is 0.498 e. The number of aromatic nitrogens is 2. The number of sulfone groups is 1. The molecule has 1 saturated carbocycles. The number of aromatic amines is 2. The van der Waals surface area contributed by atoms with Gasteiger partial charge in [0.1, 0.15) is 11.4 Å². The summed E-state index contributed by atoms with van der Waals surface area (Å²) in [5.41, 5.74) is -6.24. The Hall–Kier alpha value is -3.80. The summed E-state index contributed by atoms with van der Waals surface area (Å²) in [5, 5.41) is 26.7. The van der Waals surface area contributed by atoms with Crippen LogP contribution < -0.4 is 0 Å². The van der Waals surface area contributed by atoms with Gasteiger partial charge in [0, 0.05) is 28.3 Å². The molecule has 2 atom stereocenters. The minimum absolute atomic E-state index is 0.120. The number of rotatable bonds is 3. The topological polar surface area (TPSA) is 131 Å². The molecule has 12 heteroatoms. The second-order valence-electron chi connectivity index (χ2n) is 8.35. The Bertz CT molecular complexity index is 1540. The molecule has 35 heavy (non-hydrogen) atoms. The van der Waals surface area contributed by atoms with Crippen molar-refractivity contribution in [1.82, 2.24) is 9.97 Å². The molecule has 2 aromatic heterocycles. The van der Waals surface area contributed by atoms with Crippen LogP contribution in [0.5, 0.6) is 0 Å². The van der Waals surface area contributed by atoms with Crippen LogP contribution in [0.4, 0.5) is 13.2 Å². The average Bonchev–Trinajstić information content (AvgIpc) is 3.46. The van der Waals surface area contributed by atoms with Crippen molar-refractivity contribution in [3.05, 3.63) is 72.1 Å². The highest BCUT2D eigenvalue weighted by Crippen LogP contribution is 2.55. The first-order chi connectivity index (χ1) is 16.6. The van der Waals surface area contributed by atoms with Gasteiger partial charge in [0.2, 0.25) is 0 Å². The van der Waals surface area contributed by atoms with Crippen molar-refractivity contribution in [3.63, 3.8) is 0 Å². The number of H-pyrrole nitrogens is 2. The summed E-state index contributed by atoms with van der Waals surface area (Å²) < 4.78 is 67.3. The molecule has 2 aromatic carbocycles. The van der Waals surface area contributed by atoms with Gasteiger partial charge in [-0.05, 0) is 47.9 Å². The van der Waals surface area contributed by atoms with Crippen LogP contribution in [0, 0.1) is 0 Å². The zero-order chi connectivity index (χ0) is 25.0. The van der Waals surface area contributed by atoms with Crippen molar-refractivity contribution in [2.45, 2.75) is 29.0 Å². The maximum atomic E-state index is 14.4. The number of nitrogens with one attached hydrogen (secondary N) is 2. The van der Waals surface area contributed by atoms with Crippen LogP contribution in [0.3, 0.4) is 0 Å². The highest BCUT2D eigenvalue weighted by molar-refractivity contribution is 7.94. The molecule has 1 aliphatic rings. The smallest absolute Gasteiger partial charge is 0.411 e. The van der Waals surface area contributed by atoms with Gasteiger partial charge in [0.15, 0.2) is 4.75 Å². The van der Waals surface area contributed by atoms with E-state index in [1.54, 1.807) is 54.6 Å². The Morgan fingerprint density at radius 2 is 1.51 bits per heavy atom. The fraction of sp³-hybridized carbons (Fsp3) is 0.217. The molecule has 0 spiro atoms. The highest BCUT2D eigenvalue weighted by Gasteiger charge is 2.69. The first kappa shape index (κ1) is 23.0. The van der Waals surface area contributed by atoms with Crippen LogP contribution in [0.1, 0.15) is 30.1 Å². The third kappa shape index (κ3) is 3.16. The van der Waals surface area contributed by atoms with Gasteiger partial charge in [-0.1, -0.05) is 46.7 Å². The van der Waals surface area contributed by atoms with E-state index in [0.717, 1.165) is 0 Å². The number of hydrogen-bond donors (Lipinski definition) is 4. The van der Waals surface area contributed by atoms with Crippen LogP contribution in [-0.4, -0.2) is 45.7 Å². The van der Waals surface area contributed by atoms with E-state index in [9.17, 15) is 32.0 Å². The number of oxime groups is 2. The molecular formula is C23H19F3N4O4S. The minimum atomic E-state index is -6.13. The number of benzene rings is 2. The van der Waals surface area contributed by atoms with Gasteiger partial charge in [0.25, 0.3) is 9.84 Å². The molecule has 1 fully saturated rings. The van der Waals surface area contributed by atoms with E-state index in [1.807, 2.05) is 0 Å². The third-order valence-electron chi connectivity index (χ3n) is 6.59. The van der Waals surface area contributed by atoms with E-state index in [-0.39, 0.29) is 24.2 Å². The zero-order valence-corrected chi connectivity index (χ0v) is 18.7. The van der Waals surface area contributed by atoms with E-state index >= 15 is 0 Å². The second kappa shape index (κ2) is 7.87. The summed E-state index contributed by atoms with van der Waals surface area (Å²) in [5.74, 6) is -1.37. The van der Waals surface area contributed by atoms with Gasteiger partial charge in [0.05, 0.1) is 0 Å². The number of alkyl halides is 3. The van der Waals surface area contributed by atoms with E-state index in [4.69, 9.17) is 0 Å². The molecule has 0 aliphatic heterocycles. The van der Waals surface area contributed by atoms with Crippen molar-refractivity contribution in [2.75, 3.05) is 0 Å². The van der Waals surface area contributed by atoms with Crippen LogP contribution in [0.15, 0.2) is 71.0 Å². The van der Waals surface area contributed by atoms with Crippen molar-refractivity contribution in [2.24, 2.45) is 10.3 Å². The lowest BCUT2D eigenvalue weighted by molar-refractivity contribution is -0.0457. The first-order valence-electron chi connectivity index (χ1n) is 10.6. The standard InChI is InChI=1S/C23H19F3N4O4S/c24-23(25,26)35(33,34)22(20-12-14-6-2-4-8-17(14)28-20)15(9-10-18(29-31)21(22)30-32)19-11-13-5-1-3-7-16(13)27-19/h1-8,11-12,15,27-28,31-32H,9-10H2. The Morgan fingerprint density at radius 1 is 0.914 bits per heavy atom. The van der Waals surface area contributed by atoms with Crippen molar-refractivity contribution >= 4 is 43.1 Å². The molecule has 4 aromatic rings. The average molecular weight is 504 g/mol. The summed E-state index contributed by atoms with van der Waals surface area (Å²) >= 11 is 0. The first-order valence-corrected chi connectivity index (χ1v) is 12.0. The van der Waals surface area contributed by atoms with Crippen LogP contribution in [0.25, 0.3) is 21.8 Å². The molecule has 0 amide bonds. The molecule has 182 valence electrons. The third-order valence-corrected chi connectivity index (χ3v) is 8.75. The summed E-state index contributed by atoms with van der Waals surface area (Å²) in [4.78, 5) is 5.85. The van der Waals surface area contributed by atoms with Crippen LogP contribution in [0.2, 0.25) is 0 Å². The predicted octanol–water partition coefficient (Wildman–Crippen LogP) is 5.02. The number of hydrogen-bond acceptors (Lipinski definition) is 6. The molecule has 2 unspecified atom stereocenters. The van der Waals surface area contributed by atoms with Gasteiger partial charge in [-0.25, -0.2) is 8.42 Å². The monoisotopic (exact) mass is 504 g/mol. The minimum Gasteiger partial charge on any atom is -0.411 e. The van der Waals surface area contributed by atoms with Crippen molar-refractivity contribution in [3.8, 4) is 0 Å². The quantitative estimate of drug-likeness (QED) is 0.231. The highest BCUT2D eigenvalue weighted by atomic mass is 32.2. The van der Waals surface area contributed by atoms with Crippen LogP contribution >= 0.6 is 0 Å². The van der Waals surface area contributed by atoms with E-state index in [2.05, 4.69) is 20.3 Å². The number of para-hydroxylation sites is 2. The Kier molecular flexibility index (Phi) is 5.16. The fourth-order valence-electron chi connectivity index (χ4n) is 5.10. The molecule has 0 bridgehead atoms. The normalized spacial score (nSPS) is 24.0. The lowest BCUT2D eigenvalue weighted by Crippen LogP contribution is -2.58. The van der Waals surface area contributed by atoms with Gasteiger partial charge < -0.3 is 20.4 Å². The predicted molar refractivity (Wildman–Crippen MR) is 124 cm³/mol. The molecule has 8 nitrogen and oxygen atoms in total. The number of fused-ring (bicyclic) bond motifs is 2. The lowest BCUT2D eigenvalue weighted by Gasteiger charge is -2.42. The van der Waals surface area contributed by atoms with Gasteiger partial charge >= 0.3 is 5.51 Å². The molecule has 1 aliphatic carbocycles. The van der Waals surface area contributed by atoms with Gasteiger partial charge in [-0.3, -0.25) is 0 Å². The second-order valence-corrected chi connectivity index (χ2v) is 10.5. The molecule has 5 rings (SSSR count). The number of halogens is 3.